The van der Waals surface area contributed by atoms with Crippen molar-refractivity contribution in [1.82, 2.24) is 9.88 Å². The highest BCUT2D eigenvalue weighted by molar-refractivity contribution is 6.62. The van der Waals surface area contributed by atoms with E-state index in [1.807, 2.05) is 0 Å². The Morgan fingerprint density at radius 1 is 1.56 bits per heavy atom. The first-order valence-electron chi connectivity index (χ1n) is 4.70. The van der Waals surface area contributed by atoms with Crippen LogP contribution in [0.3, 0.4) is 0 Å². The van der Waals surface area contributed by atoms with Crippen molar-refractivity contribution in [3.8, 4) is 0 Å². The monoisotopic (exact) mass is 224 g/mol. The fraction of sp³-hybridized carbons (Fsp3) is 0.333. The van der Waals surface area contributed by atoms with Gasteiger partial charge < -0.3 is 19.6 Å². The molecule has 0 aliphatic heterocycles. The van der Waals surface area contributed by atoms with Crippen molar-refractivity contribution < 1.29 is 19.3 Å². The summed E-state index contributed by atoms with van der Waals surface area (Å²) in [5.41, 5.74) is 0.325. The van der Waals surface area contributed by atoms with Gasteiger partial charge in [0.15, 0.2) is 0 Å². The van der Waals surface area contributed by atoms with Crippen molar-refractivity contribution in [2.45, 2.75) is 0 Å². The second-order valence-electron chi connectivity index (χ2n) is 3.54. The van der Waals surface area contributed by atoms with Crippen LogP contribution in [0.4, 0.5) is 0 Å². The van der Waals surface area contributed by atoms with Crippen molar-refractivity contribution in [2.75, 3.05) is 20.6 Å². The molecule has 86 valence electrons. The Kier molecular flexibility index (Phi) is 4.27. The van der Waals surface area contributed by atoms with Gasteiger partial charge in [0.25, 0.3) is 5.78 Å². The van der Waals surface area contributed by atoms with Gasteiger partial charge in [-0.3, -0.25) is 4.79 Å². The van der Waals surface area contributed by atoms with Crippen LogP contribution in [0.25, 0.3) is 0 Å². The van der Waals surface area contributed by atoms with Gasteiger partial charge in [0.2, 0.25) is 0 Å². The zero-order valence-corrected chi connectivity index (χ0v) is 9.14. The van der Waals surface area contributed by atoms with E-state index in [4.69, 9.17) is 0 Å². The molecule has 0 saturated carbocycles. The number of Topliss-reactive ketones (excluding diaryl/α,β-unsaturated/α-hetero) is 1. The van der Waals surface area contributed by atoms with Gasteiger partial charge in [-0.1, -0.05) is 0 Å². The summed E-state index contributed by atoms with van der Waals surface area (Å²) in [5, 5.41) is 9.42. The van der Waals surface area contributed by atoms with Crippen LogP contribution in [0.2, 0.25) is 0 Å². The molecule has 0 saturated heterocycles. The molecule has 1 aromatic heterocycles. The maximum absolute atomic E-state index is 11.2. The van der Waals surface area contributed by atoms with E-state index in [1.165, 1.54) is 0 Å². The van der Waals surface area contributed by atoms with Crippen LogP contribution in [0.1, 0.15) is 0 Å². The average molecular weight is 224 g/mol. The van der Waals surface area contributed by atoms with Gasteiger partial charge in [0.1, 0.15) is 0 Å². The fourth-order valence-electron chi connectivity index (χ4n) is 1.08. The second-order valence-corrected chi connectivity index (χ2v) is 3.54. The van der Waals surface area contributed by atoms with Crippen molar-refractivity contribution in [3.63, 3.8) is 0 Å². The number of aromatic amines is 1. The largest absolute Gasteiger partial charge is 0.579 e. The molecule has 0 amide bonds. The summed E-state index contributed by atoms with van der Waals surface area (Å²) in [6.45, 7) is -0.0454. The van der Waals surface area contributed by atoms with Crippen LogP contribution < -0.4 is 5.59 Å². The molecular formula is C9H13BN2O4. The Balaban J connectivity index is 2.48. The molecule has 0 bridgehead atoms. The molecule has 7 heteroatoms. The number of hydrogen-bond acceptors (Lipinski definition) is 5. The lowest BCUT2D eigenvalue weighted by atomic mass is 9.85. The number of aromatic nitrogens is 1. The summed E-state index contributed by atoms with van der Waals surface area (Å²) in [4.78, 5) is 26.7. The van der Waals surface area contributed by atoms with Gasteiger partial charge in [0.05, 0.1) is 12.1 Å². The number of nitrogens with one attached hydrogen (secondary N) is 1. The molecule has 1 rings (SSSR count). The van der Waals surface area contributed by atoms with Gasteiger partial charge in [-0.25, -0.2) is 4.79 Å². The van der Waals surface area contributed by atoms with Crippen LogP contribution in [0, 0.1) is 0 Å². The topological polar surface area (TPSA) is 82.6 Å². The van der Waals surface area contributed by atoms with Crippen molar-refractivity contribution in [1.29, 1.82) is 0 Å². The highest BCUT2D eigenvalue weighted by Gasteiger charge is 2.26. The Bertz CT molecular complexity index is 364. The summed E-state index contributed by atoms with van der Waals surface area (Å²) in [5.74, 6) is -1.74. The van der Waals surface area contributed by atoms with E-state index in [9.17, 15) is 14.6 Å². The van der Waals surface area contributed by atoms with E-state index in [0.717, 1.165) is 0 Å². The third-order valence-electron chi connectivity index (χ3n) is 1.79. The molecule has 1 aromatic rings. The Morgan fingerprint density at radius 3 is 2.75 bits per heavy atom. The van der Waals surface area contributed by atoms with Crippen molar-refractivity contribution in [2.24, 2.45) is 0 Å². The van der Waals surface area contributed by atoms with Gasteiger partial charge in [-0.15, -0.1) is 0 Å². The number of ketones is 1. The van der Waals surface area contributed by atoms with Gasteiger partial charge in [-0.05, 0) is 26.2 Å². The van der Waals surface area contributed by atoms with Crippen LogP contribution in [0.15, 0.2) is 18.3 Å². The molecular weight excluding hydrogens is 211 g/mol. The molecule has 6 nitrogen and oxygen atoms in total. The Hall–Kier alpha value is -1.60. The molecule has 0 unspecified atom stereocenters. The second kappa shape index (κ2) is 5.48. The van der Waals surface area contributed by atoms with E-state index in [0.29, 0.717) is 5.59 Å². The number of nitrogens with zero attached hydrogens (tertiary/aromatic N) is 1. The third-order valence-corrected chi connectivity index (χ3v) is 1.79. The van der Waals surface area contributed by atoms with Gasteiger partial charge in [-0.2, -0.15) is 0 Å². The van der Waals surface area contributed by atoms with Crippen molar-refractivity contribution >= 4 is 24.5 Å². The van der Waals surface area contributed by atoms with Gasteiger partial charge in [0, 0.05) is 6.20 Å². The maximum Gasteiger partial charge on any atom is 0.579 e. The predicted molar refractivity (Wildman–Crippen MR) is 58.1 cm³/mol. The number of likely N-dealkylation sites (N-methyl/N-ethyl adjacent to an activating group) is 1. The Morgan fingerprint density at radius 2 is 2.25 bits per heavy atom. The highest BCUT2D eigenvalue weighted by atomic mass is 16.6. The summed E-state index contributed by atoms with van der Waals surface area (Å²) in [7, 11) is 1.88. The quantitative estimate of drug-likeness (QED) is 0.463. The SMILES string of the molecule is CN(C)CC(=O)C(=O)OB(O)c1ccc[nH]1. The lowest BCUT2D eigenvalue weighted by Crippen LogP contribution is -2.40. The molecule has 0 spiro atoms. The first kappa shape index (κ1) is 12.5. The summed E-state index contributed by atoms with van der Waals surface area (Å²) in [6, 6.07) is 3.20. The minimum absolute atomic E-state index is 0.0454. The molecule has 0 radical (unpaired) electrons. The maximum atomic E-state index is 11.2. The molecule has 0 atom stereocenters. The van der Waals surface area contributed by atoms with E-state index in [-0.39, 0.29) is 6.54 Å². The summed E-state index contributed by atoms with van der Waals surface area (Å²) >= 11 is 0. The minimum Gasteiger partial charge on any atom is -0.499 e. The molecule has 1 heterocycles. The first-order chi connectivity index (χ1) is 7.50. The molecule has 0 fully saturated rings. The Labute approximate surface area is 93.3 Å². The van der Waals surface area contributed by atoms with Crippen molar-refractivity contribution in [3.05, 3.63) is 18.3 Å². The normalized spacial score (nSPS) is 10.2. The van der Waals surface area contributed by atoms with Gasteiger partial charge >= 0.3 is 13.1 Å². The van der Waals surface area contributed by atoms with Crippen LogP contribution in [-0.4, -0.2) is 54.4 Å². The minimum atomic E-state index is -1.44. The van der Waals surface area contributed by atoms with E-state index in [2.05, 4.69) is 9.64 Å². The van der Waals surface area contributed by atoms with Crippen LogP contribution >= 0.6 is 0 Å². The number of carbonyl (C=O) groups excluding carboxylic acids is 2. The predicted octanol–water partition coefficient (Wildman–Crippen LogP) is -1.62. The molecule has 0 aliphatic rings. The van der Waals surface area contributed by atoms with E-state index < -0.39 is 18.9 Å². The average Bonchev–Trinajstić information content (AvgIpc) is 2.68. The lowest BCUT2D eigenvalue weighted by Gasteiger charge is -2.09. The number of rotatable bonds is 5. The number of carbonyl (C=O) groups is 2. The zero-order chi connectivity index (χ0) is 12.1. The molecule has 16 heavy (non-hydrogen) atoms. The summed E-state index contributed by atoms with van der Waals surface area (Å²) < 4.78 is 4.57. The first-order valence-corrected chi connectivity index (χ1v) is 4.70. The molecule has 2 N–H and O–H groups in total. The van der Waals surface area contributed by atoms with Crippen LogP contribution in [-0.2, 0) is 14.2 Å². The number of hydrogen-bond donors (Lipinski definition) is 2. The molecule has 0 aliphatic carbocycles. The van der Waals surface area contributed by atoms with E-state index >= 15 is 0 Å². The van der Waals surface area contributed by atoms with Crippen LogP contribution in [0.5, 0.6) is 0 Å². The highest BCUT2D eigenvalue weighted by Crippen LogP contribution is 1.89. The lowest BCUT2D eigenvalue weighted by molar-refractivity contribution is -0.148. The third kappa shape index (κ3) is 3.52. The summed E-state index contributed by atoms with van der Waals surface area (Å²) in [6.07, 6.45) is 1.58. The fourth-order valence-corrected chi connectivity index (χ4v) is 1.08. The zero-order valence-electron chi connectivity index (χ0n) is 9.14. The smallest absolute Gasteiger partial charge is 0.499 e. The standard InChI is InChI=1S/C9H13BN2O4/c1-12(2)6-7(13)9(14)16-10(15)8-4-3-5-11-8/h3-5,11,15H,6H2,1-2H3. The molecule has 0 aromatic carbocycles. The van der Waals surface area contributed by atoms with E-state index in [1.54, 1.807) is 37.3 Å². The number of H-pyrrole nitrogens is 1.